The summed E-state index contributed by atoms with van der Waals surface area (Å²) in [5.41, 5.74) is 2.21. The topological polar surface area (TPSA) is 88.7 Å². The van der Waals surface area contributed by atoms with Crippen molar-refractivity contribution in [3.8, 4) is 11.8 Å². The average molecular weight is 348 g/mol. The molecule has 0 saturated carbocycles. The summed E-state index contributed by atoms with van der Waals surface area (Å²) in [6, 6.07) is 9.63. The fourth-order valence-corrected chi connectivity index (χ4v) is 2.77. The Hall–Kier alpha value is -3.53. The Morgan fingerprint density at radius 1 is 1.23 bits per heavy atom. The lowest BCUT2D eigenvalue weighted by molar-refractivity contribution is -0.384. The number of hydrogen-bond donors (Lipinski definition) is 0. The third kappa shape index (κ3) is 4.11. The van der Waals surface area contributed by atoms with Gasteiger partial charge in [0.1, 0.15) is 5.69 Å². The second-order valence-electron chi connectivity index (χ2n) is 5.80. The van der Waals surface area contributed by atoms with Crippen molar-refractivity contribution in [1.82, 2.24) is 4.98 Å². The molecule has 130 valence electrons. The fourth-order valence-electron chi connectivity index (χ4n) is 2.77. The minimum Gasteiger partial charge on any atom is -0.354 e. The van der Waals surface area contributed by atoms with E-state index in [-0.39, 0.29) is 5.69 Å². The van der Waals surface area contributed by atoms with Gasteiger partial charge in [0.05, 0.1) is 4.92 Å². The van der Waals surface area contributed by atoms with Crippen LogP contribution in [0.5, 0.6) is 0 Å². The molecule has 0 unspecified atom stereocenters. The summed E-state index contributed by atoms with van der Waals surface area (Å²) in [5, 5.41) is 13.8. The molecule has 0 bridgehead atoms. The molecule has 0 amide bonds. The standard InChI is InChI=1S/C19H16N4O3/c24-21-18-8-3-11-20-19(18)22-12-9-15(10-13-22)4-1-5-16-6-2-7-17(14-16)23(25)26/h2-4,6-8,11,14H,9-10,12-13H2. The summed E-state index contributed by atoms with van der Waals surface area (Å²) in [6.07, 6.45) is 5.16. The minimum absolute atomic E-state index is 0.0349. The normalized spacial score (nSPS) is 13.5. The molecule has 1 aromatic heterocycles. The lowest BCUT2D eigenvalue weighted by Crippen LogP contribution is -2.31. The molecule has 1 fully saturated rings. The molecule has 0 atom stereocenters. The Labute approximate surface area is 150 Å². The number of nitrogens with zero attached hydrogens (tertiary/aromatic N) is 4. The monoisotopic (exact) mass is 348 g/mol. The summed E-state index contributed by atoms with van der Waals surface area (Å²) < 4.78 is 0. The number of allylic oxidation sites excluding steroid dienone is 1. The van der Waals surface area contributed by atoms with Gasteiger partial charge in [-0.15, -0.1) is 4.91 Å². The van der Waals surface area contributed by atoms with E-state index >= 15 is 0 Å². The highest BCUT2D eigenvalue weighted by molar-refractivity contribution is 5.61. The highest BCUT2D eigenvalue weighted by Gasteiger charge is 2.18. The van der Waals surface area contributed by atoms with Crippen molar-refractivity contribution in [3.05, 3.63) is 74.8 Å². The third-order valence-corrected chi connectivity index (χ3v) is 4.12. The number of nitro benzene ring substituents is 1. The number of nitro groups is 1. The SMILES string of the molecule is O=Nc1cccnc1N1CCC(=CC#Cc2cccc([N+](=O)[O-])c2)CC1. The van der Waals surface area contributed by atoms with Gasteiger partial charge in [-0.25, -0.2) is 4.98 Å². The van der Waals surface area contributed by atoms with Crippen LogP contribution in [0.4, 0.5) is 17.2 Å². The first kappa shape index (κ1) is 17.3. The second kappa shape index (κ2) is 8.03. The van der Waals surface area contributed by atoms with Gasteiger partial charge in [-0.2, -0.15) is 0 Å². The van der Waals surface area contributed by atoms with Crippen LogP contribution in [-0.4, -0.2) is 23.0 Å². The Kier molecular flexibility index (Phi) is 5.34. The number of benzene rings is 1. The van der Waals surface area contributed by atoms with Gasteiger partial charge in [-0.05, 0) is 42.3 Å². The number of piperidine rings is 1. The van der Waals surface area contributed by atoms with E-state index in [2.05, 4.69) is 22.0 Å². The van der Waals surface area contributed by atoms with Crippen molar-refractivity contribution in [2.75, 3.05) is 18.0 Å². The smallest absolute Gasteiger partial charge is 0.270 e. The Morgan fingerprint density at radius 3 is 2.77 bits per heavy atom. The molecule has 2 aromatic rings. The fraction of sp³-hybridized carbons (Fsp3) is 0.211. The molecule has 0 aliphatic carbocycles. The van der Waals surface area contributed by atoms with E-state index in [1.165, 1.54) is 17.7 Å². The predicted octanol–water partition coefficient (Wildman–Crippen LogP) is 3.97. The molecular formula is C19H16N4O3. The maximum atomic E-state index is 10.9. The Bertz CT molecular complexity index is 918. The highest BCUT2D eigenvalue weighted by Crippen LogP contribution is 2.28. The number of pyridine rings is 1. The van der Waals surface area contributed by atoms with Crippen molar-refractivity contribution in [3.63, 3.8) is 0 Å². The highest BCUT2D eigenvalue weighted by atomic mass is 16.6. The van der Waals surface area contributed by atoms with Gasteiger partial charge in [0.2, 0.25) is 0 Å². The molecule has 3 rings (SSSR count). The third-order valence-electron chi connectivity index (χ3n) is 4.12. The van der Waals surface area contributed by atoms with E-state index in [9.17, 15) is 15.0 Å². The van der Waals surface area contributed by atoms with Gasteiger partial charge in [-0.1, -0.05) is 23.5 Å². The lowest BCUT2D eigenvalue weighted by Gasteiger charge is -2.29. The molecule has 26 heavy (non-hydrogen) atoms. The summed E-state index contributed by atoms with van der Waals surface area (Å²) in [4.78, 5) is 27.5. The van der Waals surface area contributed by atoms with E-state index in [0.717, 1.165) is 25.9 Å². The zero-order valence-electron chi connectivity index (χ0n) is 14.0. The van der Waals surface area contributed by atoms with Crippen molar-refractivity contribution >= 4 is 17.2 Å². The molecular weight excluding hydrogens is 332 g/mol. The van der Waals surface area contributed by atoms with Crippen LogP contribution in [0.1, 0.15) is 18.4 Å². The minimum atomic E-state index is -0.431. The average Bonchev–Trinajstić information content (AvgIpc) is 2.69. The van der Waals surface area contributed by atoms with Crippen molar-refractivity contribution in [1.29, 1.82) is 0 Å². The molecule has 0 spiro atoms. The molecule has 7 nitrogen and oxygen atoms in total. The maximum Gasteiger partial charge on any atom is 0.270 e. The van der Waals surface area contributed by atoms with Gasteiger partial charge >= 0.3 is 0 Å². The summed E-state index contributed by atoms with van der Waals surface area (Å²) in [5.74, 6) is 6.53. The van der Waals surface area contributed by atoms with E-state index in [4.69, 9.17) is 0 Å². The van der Waals surface area contributed by atoms with E-state index in [1.54, 1.807) is 30.5 Å². The van der Waals surface area contributed by atoms with Crippen molar-refractivity contribution in [2.24, 2.45) is 5.18 Å². The van der Waals surface area contributed by atoms with Gasteiger partial charge in [-0.3, -0.25) is 10.1 Å². The Morgan fingerprint density at radius 2 is 2.04 bits per heavy atom. The van der Waals surface area contributed by atoms with Crippen LogP contribution in [0.2, 0.25) is 0 Å². The Balaban J connectivity index is 1.65. The molecule has 0 N–H and O–H groups in total. The van der Waals surface area contributed by atoms with Gasteiger partial charge < -0.3 is 4.90 Å². The summed E-state index contributed by atoms with van der Waals surface area (Å²) in [7, 11) is 0. The number of rotatable bonds is 3. The molecule has 1 aliphatic rings. The van der Waals surface area contributed by atoms with Crippen LogP contribution in [0.3, 0.4) is 0 Å². The number of nitroso groups, excluding NO2 is 1. The van der Waals surface area contributed by atoms with Gasteiger partial charge in [0.25, 0.3) is 5.69 Å². The van der Waals surface area contributed by atoms with Crippen LogP contribution in [0, 0.1) is 26.9 Å². The first-order valence-electron chi connectivity index (χ1n) is 8.14. The number of hydrogen-bond acceptors (Lipinski definition) is 6. The second-order valence-corrected chi connectivity index (χ2v) is 5.80. The zero-order chi connectivity index (χ0) is 18.4. The van der Waals surface area contributed by atoms with Crippen molar-refractivity contribution in [2.45, 2.75) is 12.8 Å². The largest absolute Gasteiger partial charge is 0.354 e. The molecule has 1 saturated heterocycles. The summed E-state index contributed by atoms with van der Waals surface area (Å²) in [6.45, 7) is 1.48. The van der Waals surface area contributed by atoms with E-state index in [1.807, 2.05) is 11.0 Å². The first-order valence-corrected chi connectivity index (χ1v) is 8.14. The quantitative estimate of drug-likeness (QED) is 0.362. The zero-order valence-corrected chi connectivity index (χ0v) is 14.0. The number of aromatic nitrogens is 1. The molecule has 1 aromatic carbocycles. The lowest BCUT2D eigenvalue weighted by atomic mass is 10.0. The first-order chi connectivity index (χ1) is 12.7. The van der Waals surface area contributed by atoms with Crippen LogP contribution in [-0.2, 0) is 0 Å². The van der Waals surface area contributed by atoms with Crippen LogP contribution < -0.4 is 4.90 Å². The van der Waals surface area contributed by atoms with Crippen LogP contribution in [0.15, 0.2) is 59.4 Å². The van der Waals surface area contributed by atoms with Gasteiger partial charge in [0, 0.05) is 37.0 Å². The van der Waals surface area contributed by atoms with Crippen LogP contribution in [0.25, 0.3) is 0 Å². The molecule has 1 aliphatic heterocycles. The van der Waals surface area contributed by atoms with E-state index < -0.39 is 4.92 Å². The number of anilines is 1. The van der Waals surface area contributed by atoms with Crippen LogP contribution >= 0.6 is 0 Å². The summed E-state index contributed by atoms with van der Waals surface area (Å²) >= 11 is 0. The van der Waals surface area contributed by atoms with Gasteiger partial charge in [0.15, 0.2) is 5.82 Å². The maximum absolute atomic E-state index is 10.9. The van der Waals surface area contributed by atoms with Crippen molar-refractivity contribution < 1.29 is 4.92 Å². The molecule has 7 heteroatoms. The number of non-ortho nitro benzene ring substituents is 1. The molecule has 2 heterocycles. The molecule has 0 radical (unpaired) electrons. The predicted molar refractivity (Wildman–Crippen MR) is 99.2 cm³/mol. The van der Waals surface area contributed by atoms with E-state index in [0.29, 0.717) is 17.1 Å².